The van der Waals surface area contributed by atoms with Gasteiger partial charge in [-0.05, 0) is 12.1 Å². The summed E-state index contributed by atoms with van der Waals surface area (Å²) in [7, 11) is 1.67. The number of hydrogen-bond acceptors (Lipinski definition) is 4. The Morgan fingerprint density at radius 2 is 2.22 bits per heavy atom. The predicted octanol–water partition coefficient (Wildman–Crippen LogP) is 2.53. The van der Waals surface area contributed by atoms with E-state index < -0.39 is 0 Å². The number of thiazole rings is 1. The van der Waals surface area contributed by atoms with Crippen LogP contribution in [-0.4, -0.2) is 16.5 Å². The van der Waals surface area contributed by atoms with E-state index in [-0.39, 0.29) is 0 Å². The number of ether oxygens (including phenoxy) is 1. The van der Waals surface area contributed by atoms with Gasteiger partial charge in [-0.1, -0.05) is 12.1 Å². The third kappa shape index (κ3) is 1.68. The summed E-state index contributed by atoms with van der Waals surface area (Å²) in [5.74, 6) is 0.831. The van der Waals surface area contributed by atoms with Gasteiger partial charge in [0.15, 0.2) is 4.96 Å². The summed E-state index contributed by atoms with van der Waals surface area (Å²) >= 11 is 1.60. The van der Waals surface area contributed by atoms with Gasteiger partial charge in [0.2, 0.25) is 0 Å². The van der Waals surface area contributed by atoms with Crippen molar-refractivity contribution in [3.05, 3.63) is 41.5 Å². The van der Waals surface area contributed by atoms with Crippen LogP contribution in [0.2, 0.25) is 0 Å². The fourth-order valence-corrected chi connectivity index (χ4v) is 2.85. The summed E-state index contributed by atoms with van der Waals surface area (Å²) in [6.45, 7) is 0.516. The van der Waals surface area contributed by atoms with E-state index in [9.17, 15) is 0 Å². The number of imidazole rings is 1. The molecule has 18 heavy (non-hydrogen) atoms. The van der Waals surface area contributed by atoms with E-state index in [1.807, 2.05) is 40.2 Å². The van der Waals surface area contributed by atoms with E-state index in [4.69, 9.17) is 10.5 Å². The molecule has 2 heterocycles. The molecule has 0 aliphatic carbocycles. The second-order valence-corrected chi connectivity index (χ2v) is 4.75. The average Bonchev–Trinajstić information content (AvgIpc) is 2.98. The Labute approximate surface area is 109 Å². The normalized spacial score (nSPS) is 11.0. The Hall–Kier alpha value is -1.85. The molecule has 3 aromatic rings. The van der Waals surface area contributed by atoms with Crippen molar-refractivity contribution in [1.29, 1.82) is 0 Å². The van der Waals surface area contributed by atoms with Gasteiger partial charge < -0.3 is 10.5 Å². The quantitative estimate of drug-likeness (QED) is 0.786. The number of rotatable bonds is 3. The first-order valence-electron chi connectivity index (χ1n) is 5.62. The second kappa shape index (κ2) is 4.44. The summed E-state index contributed by atoms with van der Waals surface area (Å²) in [4.78, 5) is 5.56. The Bertz CT molecular complexity index is 686. The van der Waals surface area contributed by atoms with Gasteiger partial charge in [0, 0.05) is 29.4 Å². The summed E-state index contributed by atoms with van der Waals surface area (Å²) in [6.07, 6.45) is 2.01. The molecule has 0 spiro atoms. The van der Waals surface area contributed by atoms with Crippen molar-refractivity contribution >= 4 is 16.3 Å². The van der Waals surface area contributed by atoms with Crippen LogP contribution in [0.4, 0.5) is 0 Å². The summed E-state index contributed by atoms with van der Waals surface area (Å²) < 4.78 is 7.39. The fourth-order valence-electron chi connectivity index (χ4n) is 1.96. The molecule has 0 unspecified atom stereocenters. The maximum Gasteiger partial charge on any atom is 0.194 e. The lowest BCUT2D eigenvalue weighted by molar-refractivity contribution is 0.416. The van der Waals surface area contributed by atoms with E-state index in [2.05, 4.69) is 4.98 Å². The molecule has 0 aliphatic heterocycles. The van der Waals surface area contributed by atoms with Gasteiger partial charge in [-0.3, -0.25) is 4.40 Å². The zero-order valence-corrected chi connectivity index (χ0v) is 10.8. The van der Waals surface area contributed by atoms with Gasteiger partial charge in [0.1, 0.15) is 5.75 Å². The third-order valence-electron chi connectivity index (χ3n) is 2.88. The molecule has 0 radical (unpaired) electrons. The number of methoxy groups -OCH3 is 1. The number of benzene rings is 1. The molecule has 2 N–H and O–H groups in total. The summed E-state index contributed by atoms with van der Waals surface area (Å²) in [5, 5.41) is 2.04. The first kappa shape index (κ1) is 11.3. The highest BCUT2D eigenvalue weighted by Gasteiger charge is 2.11. The smallest absolute Gasteiger partial charge is 0.194 e. The summed E-state index contributed by atoms with van der Waals surface area (Å²) in [5.41, 5.74) is 8.68. The molecular formula is C13H13N3OS. The molecule has 1 aromatic carbocycles. The molecule has 0 aliphatic rings. The first-order chi connectivity index (χ1) is 8.83. The van der Waals surface area contributed by atoms with Crippen LogP contribution in [0.25, 0.3) is 16.2 Å². The molecule has 3 rings (SSSR count). The Morgan fingerprint density at radius 1 is 1.39 bits per heavy atom. The predicted molar refractivity (Wildman–Crippen MR) is 72.9 cm³/mol. The number of nitrogens with two attached hydrogens (primary N) is 1. The molecule has 0 bridgehead atoms. The van der Waals surface area contributed by atoms with Crippen molar-refractivity contribution in [2.45, 2.75) is 6.54 Å². The molecule has 4 nitrogen and oxygen atoms in total. The molecule has 0 saturated heterocycles. The van der Waals surface area contributed by atoms with Crippen LogP contribution in [0, 0.1) is 0 Å². The van der Waals surface area contributed by atoms with Gasteiger partial charge in [-0.25, -0.2) is 4.98 Å². The van der Waals surface area contributed by atoms with Crippen molar-refractivity contribution in [2.75, 3.05) is 7.11 Å². The van der Waals surface area contributed by atoms with Crippen LogP contribution >= 0.6 is 11.3 Å². The molecule has 0 fully saturated rings. The highest BCUT2D eigenvalue weighted by molar-refractivity contribution is 7.15. The van der Waals surface area contributed by atoms with Gasteiger partial charge in [-0.15, -0.1) is 11.3 Å². The minimum absolute atomic E-state index is 0.516. The maximum absolute atomic E-state index is 5.70. The lowest BCUT2D eigenvalue weighted by atomic mass is 10.1. The van der Waals surface area contributed by atoms with Crippen molar-refractivity contribution in [3.63, 3.8) is 0 Å². The third-order valence-corrected chi connectivity index (χ3v) is 3.76. The Kier molecular flexibility index (Phi) is 2.77. The average molecular weight is 259 g/mol. The van der Waals surface area contributed by atoms with E-state index in [1.54, 1.807) is 18.4 Å². The zero-order chi connectivity index (χ0) is 12.5. The number of fused-ring (bicyclic) bond motifs is 1. The lowest BCUT2D eigenvalue weighted by Gasteiger charge is -2.04. The minimum atomic E-state index is 0.516. The molecule has 0 atom stereocenters. The van der Waals surface area contributed by atoms with Crippen molar-refractivity contribution in [1.82, 2.24) is 9.38 Å². The number of para-hydroxylation sites is 1. The topological polar surface area (TPSA) is 52.5 Å². The molecule has 5 heteroatoms. The summed E-state index contributed by atoms with van der Waals surface area (Å²) in [6, 6.07) is 7.88. The Balaban J connectivity index is 2.16. The van der Waals surface area contributed by atoms with Gasteiger partial charge >= 0.3 is 0 Å². The minimum Gasteiger partial charge on any atom is -0.496 e. The fraction of sp³-hybridized carbons (Fsp3) is 0.154. The van der Waals surface area contributed by atoms with Gasteiger partial charge in [-0.2, -0.15) is 0 Å². The number of nitrogens with zero attached hydrogens (tertiary/aromatic N) is 2. The molecular weight excluding hydrogens is 246 g/mol. The standard InChI is InChI=1S/C13H13N3OS/c1-17-12-5-3-2-4-10(12)11-7-16-9(6-14)8-18-13(16)15-11/h2-5,7-8H,6,14H2,1H3. The van der Waals surface area contributed by atoms with Gasteiger partial charge in [0.05, 0.1) is 12.8 Å². The van der Waals surface area contributed by atoms with Crippen LogP contribution in [0.15, 0.2) is 35.8 Å². The van der Waals surface area contributed by atoms with E-state index in [0.717, 1.165) is 27.7 Å². The van der Waals surface area contributed by atoms with E-state index >= 15 is 0 Å². The van der Waals surface area contributed by atoms with Crippen molar-refractivity contribution in [2.24, 2.45) is 5.73 Å². The second-order valence-electron chi connectivity index (χ2n) is 3.91. The van der Waals surface area contributed by atoms with Crippen LogP contribution < -0.4 is 10.5 Å². The largest absolute Gasteiger partial charge is 0.496 e. The monoisotopic (exact) mass is 259 g/mol. The van der Waals surface area contributed by atoms with Crippen LogP contribution in [-0.2, 0) is 6.54 Å². The Morgan fingerprint density at radius 3 is 3.00 bits per heavy atom. The van der Waals surface area contributed by atoms with Crippen molar-refractivity contribution < 1.29 is 4.74 Å². The number of aromatic nitrogens is 2. The molecule has 0 saturated carbocycles. The zero-order valence-electron chi connectivity index (χ0n) is 9.96. The van der Waals surface area contributed by atoms with Crippen LogP contribution in [0.5, 0.6) is 5.75 Å². The van der Waals surface area contributed by atoms with Crippen LogP contribution in [0.3, 0.4) is 0 Å². The van der Waals surface area contributed by atoms with Crippen LogP contribution in [0.1, 0.15) is 5.69 Å². The first-order valence-corrected chi connectivity index (χ1v) is 6.50. The SMILES string of the molecule is COc1ccccc1-c1cn2c(CN)csc2n1. The maximum atomic E-state index is 5.70. The molecule has 92 valence electrons. The van der Waals surface area contributed by atoms with E-state index in [0.29, 0.717) is 6.54 Å². The van der Waals surface area contributed by atoms with E-state index in [1.165, 1.54) is 0 Å². The van der Waals surface area contributed by atoms with Crippen molar-refractivity contribution in [3.8, 4) is 17.0 Å². The highest BCUT2D eigenvalue weighted by atomic mass is 32.1. The van der Waals surface area contributed by atoms with Gasteiger partial charge in [0.25, 0.3) is 0 Å². The molecule has 0 amide bonds. The number of hydrogen-bond donors (Lipinski definition) is 1. The molecule has 2 aromatic heterocycles. The lowest BCUT2D eigenvalue weighted by Crippen LogP contribution is -1.98. The highest BCUT2D eigenvalue weighted by Crippen LogP contribution is 2.30.